The summed E-state index contributed by atoms with van der Waals surface area (Å²) >= 11 is 3.30. The first-order valence-electron chi connectivity index (χ1n) is 5.33. The van der Waals surface area contributed by atoms with Gasteiger partial charge in [0.15, 0.2) is 6.10 Å². The Morgan fingerprint density at radius 1 is 1.67 bits per heavy atom. The third-order valence-electron chi connectivity index (χ3n) is 2.16. The van der Waals surface area contributed by atoms with Gasteiger partial charge in [0, 0.05) is 16.1 Å². The van der Waals surface area contributed by atoms with Crippen molar-refractivity contribution in [2.75, 3.05) is 0 Å². The maximum Gasteiger partial charge on any atom is 0.328 e. The molecule has 0 aliphatic carbocycles. The Balaban J connectivity index is 3.04. The van der Waals surface area contributed by atoms with Gasteiger partial charge in [0.05, 0.1) is 0 Å². The van der Waals surface area contributed by atoms with Crippen LogP contribution < -0.4 is 4.74 Å². The monoisotopic (exact) mass is 309 g/mol. The molecule has 1 rings (SSSR count). The van der Waals surface area contributed by atoms with Crippen LogP contribution in [-0.2, 0) is 4.79 Å². The number of nitrogens with zero attached hydrogens (tertiary/aromatic N) is 1. The fourth-order valence-corrected chi connectivity index (χ4v) is 1.65. The number of halogens is 1. The van der Waals surface area contributed by atoms with Gasteiger partial charge in [-0.2, -0.15) is 5.26 Å². The zero-order valence-corrected chi connectivity index (χ0v) is 11.3. The van der Waals surface area contributed by atoms with Crippen LogP contribution in [0, 0.1) is 11.3 Å². The molecule has 0 saturated carbocycles. The van der Waals surface area contributed by atoms with E-state index in [1.165, 1.54) is 6.08 Å². The maximum absolute atomic E-state index is 10.5. The summed E-state index contributed by atoms with van der Waals surface area (Å²) in [7, 11) is 0. The molecule has 0 heterocycles. The van der Waals surface area contributed by atoms with Crippen LogP contribution in [-0.4, -0.2) is 17.2 Å². The largest absolute Gasteiger partial charge is 0.478 e. The number of hydrogen-bond acceptors (Lipinski definition) is 3. The van der Waals surface area contributed by atoms with Crippen molar-refractivity contribution in [3.05, 3.63) is 34.3 Å². The van der Waals surface area contributed by atoms with Gasteiger partial charge in [-0.25, -0.2) is 4.79 Å². The normalized spacial score (nSPS) is 12.1. The van der Waals surface area contributed by atoms with Crippen molar-refractivity contribution >= 4 is 28.0 Å². The molecule has 1 N–H and O–H groups in total. The van der Waals surface area contributed by atoms with E-state index in [4.69, 9.17) is 15.1 Å². The predicted octanol–water partition coefficient (Wildman–Crippen LogP) is 3.23. The first kappa shape index (κ1) is 14.3. The van der Waals surface area contributed by atoms with E-state index in [9.17, 15) is 4.79 Å². The van der Waals surface area contributed by atoms with Gasteiger partial charge >= 0.3 is 5.97 Å². The Bertz CT molecular complexity index is 505. The third kappa shape index (κ3) is 4.22. The Hall–Kier alpha value is -1.80. The molecule has 0 radical (unpaired) electrons. The van der Waals surface area contributed by atoms with Crippen LogP contribution >= 0.6 is 15.9 Å². The maximum atomic E-state index is 10.5. The second-order valence-electron chi connectivity index (χ2n) is 3.50. The van der Waals surface area contributed by atoms with E-state index >= 15 is 0 Å². The van der Waals surface area contributed by atoms with Gasteiger partial charge in [0.1, 0.15) is 11.8 Å². The molecule has 1 aromatic carbocycles. The number of carbonyl (C=O) groups is 1. The van der Waals surface area contributed by atoms with Gasteiger partial charge in [0.2, 0.25) is 0 Å². The summed E-state index contributed by atoms with van der Waals surface area (Å²) in [5.74, 6) is -0.544. The Morgan fingerprint density at radius 2 is 2.39 bits per heavy atom. The van der Waals surface area contributed by atoms with Gasteiger partial charge in [-0.3, -0.25) is 0 Å². The molecule has 0 bridgehead atoms. The van der Waals surface area contributed by atoms with Gasteiger partial charge in [-0.15, -0.1) is 0 Å². The van der Waals surface area contributed by atoms with Crippen LogP contribution in [0.1, 0.15) is 18.9 Å². The van der Waals surface area contributed by atoms with E-state index in [1.54, 1.807) is 18.2 Å². The standard InChI is InChI=1S/C13H12BrNO3/c1-2-11(8-15)18-12-5-4-10(14)7-9(12)3-6-13(16)17/h3-7,11H,2H2,1H3,(H,16,17). The fourth-order valence-electron chi connectivity index (χ4n) is 1.27. The summed E-state index contributed by atoms with van der Waals surface area (Å²) in [4.78, 5) is 10.5. The van der Waals surface area contributed by atoms with E-state index in [0.29, 0.717) is 17.7 Å². The van der Waals surface area contributed by atoms with Crippen LogP contribution in [0.4, 0.5) is 0 Å². The Morgan fingerprint density at radius 3 is 2.94 bits per heavy atom. The molecule has 0 fully saturated rings. The molecule has 0 aromatic heterocycles. The van der Waals surface area contributed by atoms with E-state index in [2.05, 4.69) is 15.9 Å². The molecule has 1 aromatic rings. The molecular weight excluding hydrogens is 298 g/mol. The summed E-state index contributed by atoms with van der Waals surface area (Å²) in [6, 6.07) is 7.24. The van der Waals surface area contributed by atoms with Crippen LogP contribution in [0.2, 0.25) is 0 Å². The average Bonchev–Trinajstić information content (AvgIpc) is 2.35. The van der Waals surface area contributed by atoms with E-state index < -0.39 is 12.1 Å². The lowest BCUT2D eigenvalue weighted by atomic mass is 10.2. The van der Waals surface area contributed by atoms with E-state index in [1.807, 2.05) is 13.0 Å². The fraction of sp³-hybridized carbons (Fsp3) is 0.231. The van der Waals surface area contributed by atoms with E-state index in [-0.39, 0.29) is 0 Å². The molecule has 1 atom stereocenters. The number of benzene rings is 1. The molecule has 18 heavy (non-hydrogen) atoms. The van der Waals surface area contributed by atoms with Gasteiger partial charge in [-0.05, 0) is 30.7 Å². The van der Waals surface area contributed by atoms with Crippen molar-refractivity contribution in [1.29, 1.82) is 5.26 Å². The smallest absolute Gasteiger partial charge is 0.328 e. The van der Waals surface area contributed by atoms with Gasteiger partial charge in [-0.1, -0.05) is 22.9 Å². The zero-order chi connectivity index (χ0) is 13.5. The topological polar surface area (TPSA) is 70.3 Å². The van der Waals surface area contributed by atoms with Crippen molar-refractivity contribution in [3.8, 4) is 11.8 Å². The molecule has 0 amide bonds. The minimum atomic E-state index is -1.03. The predicted molar refractivity (Wildman–Crippen MR) is 71.1 cm³/mol. The SMILES string of the molecule is CCC(C#N)Oc1ccc(Br)cc1C=CC(=O)O. The molecule has 0 saturated heterocycles. The minimum Gasteiger partial charge on any atom is -0.478 e. The number of carboxylic acid groups (broad SMARTS) is 1. The Kier molecular flexibility index (Phi) is 5.40. The van der Waals surface area contributed by atoms with Crippen molar-refractivity contribution in [2.24, 2.45) is 0 Å². The molecule has 0 spiro atoms. The number of ether oxygens (including phenoxy) is 1. The highest BCUT2D eigenvalue weighted by Crippen LogP contribution is 2.25. The van der Waals surface area contributed by atoms with Gasteiger partial charge in [0.25, 0.3) is 0 Å². The summed E-state index contributed by atoms with van der Waals surface area (Å²) < 4.78 is 6.32. The first-order chi connectivity index (χ1) is 8.56. The second-order valence-corrected chi connectivity index (χ2v) is 4.41. The number of aliphatic carboxylic acids is 1. The van der Waals surface area contributed by atoms with Gasteiger partial charge < -0.3 is 9.84 Å². The van der Waals surface area contributed by atoms with Crippen LogP contribution in [0.15, 0.2) is 28.7 Å². The van der Waals surface area contributed by atoms with Crippen molar-refractivity contribution in [2.45, 2.75) is 19.4 Å². The molecule has 1 unspecified atom stereocenters. The molecule has 5 heteroatoms. The minimum absolute atomic E-state index is 0.490. The highest BCUT2D eigenvalue weighted by Gasteiger charge is 2.09. The number of rotatable bonds is 5. The summed E-state index contributed by atoms with van der Waals surface area (Å²) in [5.41, 5.74) is 0.612. The van der Waals surface area contributed by atoms with Crippen molar-refractivity contribution in [3.63, 3.8) is 0 Å². The van der Waals surface area contributed by atoms with Crippen LogP contribution in [0.25, 0.3) is 6.08 Å². The third-order valence-corrected chi connectivity index (χ3v) is 2.65. The first-order valence-corrected chi connectivity index (χ1v) is 6.13. The van der Waals surface area contributed by atoms with Crippen molar-refractivity contribution in [1.82, 2.24) is 0 Å². The van der Waals surface area contributed by atoms with Crippen LogP contribution in [0.3, 0.4) is 0 Å². The van der Waals surface area contributed by atoms with Crippen LogP contribution in [0.5, 0.6) is 5.75 Å². The highest BCUT2D eigenvalue weighted by atomic mass is 79.9. The summed E-state index contributed by atoms with van der Waals surface area (Å²) in [5, 5.41) is 17.5. The molecule has 0 aliphatic heterocycles. The Labute approximate surface area is 114 Å². The number of nitriles is 1. The zero-order valence-electron chi connectivity index (χ0n) is 9.76. The molecule has 94 valence electrons. The molecular formula is C13H12BrNO3. The lowest BCUT2D eigenvalue weighted by Gasteiger charge is -2.12. The highest BCUT2D eigenvalue weighted by molar-refractivity contribution is 9.10. The summed E-state index contributed by atoms with van der Waals surface area (Å²) in [6.45, 7) is 1.85. The number of carboxylic acids is 1. The number of hydrogen-bond donors (Lipinski definition) is 1. The quantitative estimate of drug-likeness (QED) is 0.848. The molecule has 0 aliphatic rings. The lowest BCUT2D eigenvalue weighted by Crippen LogP contribution is -2.12. The second kappa shape index (κ2) is 6.82. The van der Waals surface area contributed by atoms with Crippen molar-refractivity contribution < 1.29 is 14.6 Å². The summed E-state index contributed by atoms with van der Waals surface area (Å²) in [6.07, 6.45) is 2.49. The average molecular weight is 310 g/mol. The lowest BCUT2D eigenvalue weighted by molar-refractivity contribution is -0.131. The van der Waals surface area contributed by atoms with E-state index in [0.717, 1.165) is 10.5 Å². The molecule has 4 nitrogen and oxygen atoms in total.